The summed E-state index contributed by atoms with van der Waals surface area (Å²) in [6, 6.07) is 0. The fourth-order valence-corrected chi connectivity index (χ4v) is 0.739. The maximum Gasteiger partial charge on any atom is 0.346 e. The van der Waals surface area contributed by atoms with Gasteiger partial charge in [0, 0.05) is 12.8 Å². The topological polar surface area (TPSA) is 165 Å². The summed E-state index contributed by atoms with van der Waals surface area (Å²) in [6.45, 7) is 0. The Morgan fingerprint density at radius 1 is 1.29 bits per heavy atom. The first kappa shape index (κ1) is 12.2. The number of nitrogens with zero attached hydrogens (tertiary/aromatic N) is 1. The summed E-state index contributed by atoms with van der Waals surface area (Å²) in [5.74, 6) is -3.15. The zero-order chi connectivity index (χ0) is 11.4. The second-order valence-electron chi connectivity index (χ2n) is 2.66. The molecule has 0 aliphatic rings. The van der Waals surface area contributed by atoms with E-state index in [1.165, 1.54) is 0 Å². The molecule has 8 N–H and O–H groups in total. The summed E-state index contributed by atoms with van der Waals surface area (Å²) >= 11 is 0. The Labute approximate surface area is 79.4 Å². The van der Waals surface area contributed by atoms with Crippen LogP contribution in [0, 0.1) is 0 Å². The minimum atomic E-state index is -2.07. The molecule has 14 heavy (non-hydrogen) atoms. The van der Waals surface area contributed by atoms with Crippen LogP contribution in [0.2, 0.25) is 0 Å². The van der Waals surface area contributed by atoms with Crippen molar-refractivity contribution in [1.29, 1.82) is 0 Å². The van der Waals surface area contributed by atoms with Gasteiger partial charge in [-0.2, -0.15) is 0 Å². The lowest BCUT2D eigenvalue weighted by Gasteiger charge is -2.18. The summed E-state index contributed by atoms with van der Waals surface area (Å²) in [7, 11) is 0. The van der Waals surface area contributed by atoms with Crippen molar-refractivity contribution >= 4 is 17.9 Å². The van der Waals surface area contributed by atoms with Crippen LogP contribution < -0.4 is 17.2 Å². The minimum absolute atomic E-state index is 0.379. The SMILES string of the molecule is NC(N)=N[C@](N)(CCC(=O)O)C(=O)O. The number of carbonyl (C=O) groups is 2. The average Bonchev–Trinajstić information content (AvgIpc) is 1.99. The maximum absolute atomic E-state index is 10.6. The highest BCUT2D eigenvalue weighted by Gasteiger charge is 2.34. The van der Waals surface area contributed by atoms with E-state index in [0.717, 1.165) is 0 Å². The number of carboxylic acids is 2. The van der Waals surface area contributed by atoms with Gasteiger partial charge in [-0.1, -0.05) is 0 Å². The quantitative estimate of drug-likeness (QED) is 0.252. The van der Waals surface area contributed by atoms with E-state index in [9.17, 15) is 9.59 Å². The third kappa shape index (κ3) is 3.72. The molecule has 0 aliphatic carbocycles. The largest absolute Gasteiger partial charge is 0.481 e. The Bertz CT molecular complexity index is 273. The van der Waals surface area contributed by atoms with Crippen LogP contribution >= 0.6 is 0 Å². The second-order valence-corrected chi connectivity index (χ2v) is 2.66. The van der Waals surface area contributed by atoms with Crippen LogP contribution in [0.3, 0.4) is 0 Å². The lowest BCUT2D eigenvalue weighted by Crippen LogP contribution is -2.49. The van der Waals surface area contributed by atoms with Crippen LogP contribution in [-0.4, -0.2) is 33.8 Å². The number of aliphatic carboxylic acids is 2. The highest BCUT2D eigenvalue weighted by molar-refractivity contribution is 5.84. The maximum atomic E-state index is 10.6. The molecule has 0 aromatic rings. The number of carboxylic acid groups (broad SMARTS) is 2. The summed E-state index contributed by atoms with van der Waals surface area (Å²) in [6.07, 6.45) is -0.810. The molecule has 0 bridgehead atoms. The Balaban J connectivity index is 4.65. The monoisotopic (exact) mass is 204 g/mol. The summed E-state index contributed by atoms with van der Waals surface area (Å²) in [4.78, 5) is 24.1. The number of hydrogen-bond acceptors (Lipinski definition) is 4. The van der Waals surface area contributed by atoms with Crippen LogP contribution in [-0.2, 0) is 9.59 Å². The van der Waals surface area contributed by atoms with Crippen LogP contribution in [0.15, 0.2) is 4.99 Å². The molecule has 0 aromatic heterocycles. The van der Waals surface area contributed by atoms with Crippen molar-refractivity contribution in [3.8, 4) is 0 Å². The van der Waals surface area contributed by atoms with E-state index in [0.29, 0.717) is 0 Å². The van der Waals surface area contributed by atoms with E-state index < -0.39 is 30.0 Å². The minimum Gasteiger partial charge on any atom is -0.481 e. The number of aliphatic imine (C=N–C) groups is 1. The molecule has 0 fully saturated rings. The molecule has 0 aliphatic heterocycles. The lowest BCUT2D eigenvalue weighted by atomic mass is 10.1. The van der Waals surface area contributed by atoms with Gasteiger partial charge in [-0.3, -0.25) is 10.5 Å². The van der Waals surface area contributed by atoms with Crippen molar-refractivity contribution < 1.29 is 19.8 Å². The molecule has 0 aromatic carbocycles. The lowest BCUT2D eigenvalue weighted by molar-refractivity contribution is -0.144. The summed E-state index contributed by atoms with van der Waals surface area (Å²) < 4.78 is 0. The van der Waals surface area contributed by atoms with E-state index >= 15 is 0 Å². The molecule has 8 heteroatoms. The van der Waals surface area contributed by atoms with E-state index in [4.69, 9.17) is 27.4 Å². The molecule has 80 valence electrons. The molecule has 8 nitrogen and oxygen atoms in total. The van der Waals surface area contributed by atoms with Crippen molar-refractivity contribution in [1.82, 2.24) is 0 Å². The number of nitrogens with two attached hydrogens (primary N) is 3. The first-order valence-corrected chi connectivity index (χ1v) is 3.63. The smallest absolute Gasteiger partial charge is 0.346 e. The molecule has 0 heterocycles. The number of hydrogen-bond donors (Lipinski definition) is 5. The average molecular weight is 204 g/mol. The van der Waals surface area contributed by atoms with E-state index in [-0.39, 0.29) is 6.42 Å². The predicted molar refractivity (Wildman–Crippen MR) is 47.2 cm³/mol. The molecule has 0 unspecified atom stereocenters. The van der Waals surface area contributed by atoms with Gasteiger partial charge < -0.3 is 21.7 Å². The number of guanidine groups is 1. The fraction of sp³-hybridized carbons (Fsp3) is 0.500. The Hall–Kier alpha value is -1.83. The van der Waals surface area contributed by atoms with Gasteiger partial charge in [0.15, 0.2) is 5.96 Å². The van der Waals surface area contributed by atoms with Gasteiger partial charge in [0.2, 0.25) is 5.66 Å². The van der Waals surface area contributed by atoms with Crippen molar-refractivity contribution in [2.75, 3.05) is 0 Å². The predicted octanol–water partition coefficient (Wildman–Crippen LogP) is -2.14. The molecule has 0 radical (unpaired) electrons. The molecular weight excluding hydrogens is 192 g/mol. The molecule has 0 rings (SSSR count). The second kappa shape index (κ2) is 4.42. The van der Waals surface area contributed by atoms with Gasteiger partial charge in [0.1, 0.15) is 0 Å². The Morgan fingerprint density at radius 2 is 1.79 bits per heavy atom. The van der Waals surface area contributed by atoms with Crippen molar-refractivity contribution in [3.63, 3.8) is 0 Å². The Kier molecular flexibility index (Phi) is 3.84. The third-order valence-electron chi connectivity index (χ3n) is 1.42. The standard InChI is InChI=1S/C6H12N4O4/c7-5(8)10-6(9,4(13)14)2-1-3(11)12/h1-2,9H2,(H,11,12)(H,13,14)(H4,7,8,10)/t6-/m1/s1. The zero-order valence-electron chi connectivity index (χ0n) is 7.30. The molecule has 0 spiro atoms. The first-order chi connectivity index (χ1) is 6.28. The van der Waals surface area contributed by atoms with Gasteiger partial charge in [-0.25, -0.2) is 9.79 Å². The van der Waals surface area contributed by atoms with Gasteiger partial charge in [-0.15, -0.1) is 0 Å². The van der Waals surface area contributed by atoms with Gasteiger partial charge >= 0.3 is 11.9 Å². The Morgan fingerprint density at radius 3 is 2.07 bits per heavy atom. The van der Waals surface area contributed by atoms with Crippen molar-refractivity contribution in [2.45, 2.75) is 18.5 Å². The molecule has 0 saturated carbocycles. The highest BCUT2D eigenvalue weighted by Crippen LogP contribution is 2.11. The van der Waals surface area contributed by atoms with E-state index in [2.05, 4.69) is 4.99 Å². The van der Waals surface area contributed by atoms with Crippen LogP contribution in [0.1, 0.15) is 12.8 Å². The molecular formula is C6H12N4O4. The van der Waals surface area contributed by atoms with Crippen LogP contribution in [0.4, 0.5) is 0 Å². The van der Waals surface area contributed by atoms with Crippen molar-refractivity contribution in [2.24, 2.45) is 22.2 Å². The van der Waals surface area contributed by atoms with Crippen LogP contribution in [0.25, 0.3) is 0 Å². The molecule has 0 saturated heterocycles. The third-order valence-corrected chi connectivity index (χ3v) is 1.42. The van der Waals surface area contributed by atoms with Gasteiger partial charge in [0.25, 0.3) is 0 Å². The van der Waals surface area contributed by atoms with Crippen molar-refractivity contribution in [3.05, 3.63) is 0 Å². The number of rotatable bonds is 5. The molecule has 0 amide bonds. The normalized spacial score (nSPS) is 14.1. The zero-order valence-corrected chi connectivity index (χ0v) is 7.30. The van der Waals surface area contributed by atoms with Gasteiger partial charge in [-0.05, 0) is 0 Å². The summed E-state index contributed by atoms with van der Waals surface area (Å²) in [5.41, 5.74) is 13.1. The first-order valence-electron chi connectivity index (χ1n) is 3.63. The fourth-order valence-electron chi connectivity index (χ4n) is 0.739. The van der Waals surface area contributed by atoms with E-state index in [1.54, 1.807) is 0 Å². The van der Waals surface area contributed by atoms with Crippen LogP contribution in [0.5, 0.6) is 0 Å². The summed E-state index contributed by atoms with van der Waals surface area (Å²) in [5, 5.41) is 17.0. The highest BCUT2D eigenvalue weighted by atomic mass is 16.4. The van der Waals surface area contributed by atoms with E-state index in [1.807, 2.05) is 0 Å². The van der Waals surface area contributed by atoms with Gasteiger partial charge in [0.05, 0.1) is 0 Å². The molecule has 1 atom stereocenters.